The average molecular weight is 330 g/mol. The van der Waals surface area contributed by atoms with Crippen LogP contribution in [0.2, 0.25) is 0 Å². The third-order valence-electron chi connectivity index (χ3n) is 1.89. The summed E-state index contributed by atoms with van der Waals surface area (Å²) < 4.78 is 6.25. The molecule has 19 heavy (non-hydrogen) atoms. The molecule has 0 saturated heterocycles. The molecule has 100 valence electrons. The van der Waals surface area contributed by atoms with E-state index in [9.17, 15) is 0 Å². The summed E-state index contributed by atoms with van der Waals surface area (Å²) in [4.78, 5) is 5.96. The Morgan fingerprint density at radius 2 is 1.42 bits per heavy atom. The van der Waals surface area contributed by atoms with Crippen LogP contribution >= 0.6 is 48.5 Å². The molecule has 0 bridgehead atoms. The molecule has 2 heterocycles. The van der Waals surface area contributed by atoms with E-state index >= 15 is 0 Å². The van der Waals surface area contributed by atoms with E-state index in [0.717, 1.165) is 35.7 Å². The Morgan fingerprint density at radius 3 is 1.79 bits per heavy atom. The van der Waals surface area contributed by atoms with Crippen LogP contribution in [0.4, 0.5) is 11.6 Å². The fourth-order valence-corrected chi connectivity index (χ4v) is 2.81. The van der Waals surface area contributed by atoms with Gasteiger partial charge in [0.1, 0.15) is 11.6 Å². The Balaban J connectivity index is 1.63. The number of thiocarbonyl (C=S) groups is 2. The summed E-state index contributed by atoms with van der Waals surface area (Å²) in [5.41, 5.74) is 0. The Morgan fingerprint density at radius 1 is 0.947 bits per heavy atom. The molecule has 9 heteroatoms. The van der Waals surface area contributed by atoms with Gasteiger partial charge in [0.2, 0.25) is 0 Å². The highest BCUT2D eigenvalue weighted by molar-refractivity contribution is 8.29. The average Bonchev–Trinajstić information content (AvgIpc) is 3.02. The molecule has 0 amide bonds. The Labute approximate surface area is 129 Å². The molecule has 2 aromatic rings. The molecule has 0 aliphatic heterocycles. The first-order valence-electron chi connectivity index (χ1n) is 5.14. The fourth-order valence-electron chi connectivity index (χ4n) is 1.16. The van der Waals surface area contributed by atoms with E-state index in [2.05, 4.69) is 20.6 Å². The van der Waals surface area contributed by atoms with Gasteiger partial charge in [0.05, 0.1) is 24.1 Å². The Kier molecular flexibility index (Phi) is 5.73. The topological polar surface area (TPSA) is 64.9 Å². The smallest absolute Gasteiger partial charge is 0.168 e. The van der Waals surface area contributed by atoms with Gasteiger partial charge in [-0.15, -0.1) is 0 Å². The van der Waals surface area contributed by atoms with Crippen LogP contribution < -0.4 is 10.6 Å². The minimum Gasteiger partial charge on any atom is -0.348 e. The van der Waals surface area contributed by atoms with Crippen molar-refractivity contribution in [1.82, 2.24) is 9.97 Å². The van der Waals surface area contributed by atoms with Crippen molar-refractivity contribution in [2.45, 2.75) is 0 Å². The van der Waals surface area contributed by atoms with Gasteiger partial charge >= 0.3 is 0 Å². The molecule has 0 aliphatic rings. The standard InChI is InChI=1S/C10H10N4OS4/c16-9(13-7-3-1-5-11-7)18-15-19-10(17)14-8-4-2-6-12-8/h1-6,11-12H,(H,13,16)(H,14,17). The summed E-state index contributed by atoms with van der Waals surface area (Å²) in [6, 6.07) is 7.50. The summed E-state index contributed by atoms with van der Waals surface area (Å²) in [5.74, 6) is 1.64. The number of hydrogen-bond acceptors (Lipinski definition) is 5. The van der Waals surface area contributed by atoms with Crippen molar-refractivity contribution in [2.24, 2.45) is 0 Å². The van der Waals surface area contributed by atoms with Crippen molar-refractivity contribution in [3.05, 3.63) is 36.7 Å². The molecule has 5 nitrogen and oxygen atoms in total. The lowest BCUT2D eigenvalue weighted by atomic mass is 10.6. The Hall–Kier alpha value is -1.00. The highest BCUT2D eigenvalue weighted by Crippen LogP contribution is 2.20. The predicted molar refractivity (Wildman–Crippen MR) is 90.3 cm³/mol. The van der Waals surface area contributed by atoms with Gasteiger partial charge < -0.3 is 20.6 Å². The first kappa shape index (κ1) is 14.4. The zero-order valence-corrected chi connectivity index (χ0v) is 12.8. The van der Waals surface area contributed by atoms with Crippen molar-refractivity contribution in [1.29, 1.82) is 0 Å². The van der Waals surface area contributed by atoms with Crippen molar-refractivity contribution in [3.8, 4) is 0 Å². The summed E-state index contributed by atoms with van der Waals surface area (Å²) >= 11 is 12.3. The molecule has 2 aromatic heterocycles. The first-order valence-corrected chi connectivity index (χ1v) is 7.44. The number of anilines is 2. The molecule has 0 atom stereocenters. The van der Waals surface area contributed by atoms with Crippen molar-refractivity contribution >= 4 is 68.8 Å². The molecular weight excluding hydrogens is 320 g/mol. The summed E-state index contributed by atoms with van der Waals surface area (Å²) in [6.07, 6.45) is 3.61. The van der Waals surface area contributed by atoms with E-state index in [0.29, 0.717) is 8.64 Å². The van der Waals surface area contributed by atoms with Gasteiger partial charge in [0, 0.05) is 12.4 Å². The van der Waals surface area contributed by atoms with E-state index < -0.39 is 0 Å². The highest BCUT2D eigenvalue weighted by atomic mass is 32.2. The minimum atomic E-state index is 0.498. The van der Waals surface area contributed by atoms with Crippen LogP contribution in [0.15, 0.2) is 36.7 Å². The fraction of sp³-hybridized carbons (Fsp3) is 0. The van der Waals surface area contributed by atoms with Crippen LogP contribution in [0.3, 0.4) is 0 Å². The summed E-state index contributed by atoms with van der Waals surface area (Å²) in [7, 11) is 0. The number of aromatic amines is 2. The van der Waals surface area contributed by atoms with E-state index in [4.69, 9.17) is 28.1 Å². The van der Waals surface area contributed by atoms with Crippen LogP contribution in [0, 0.1) is 0 Å². The number of nitrogens with one attached hydrogen (secondary N) is 4. The van der Waals surface area contributed by atoms with Gasteiger partial charge in [-0.1, -0.05) is 24.4 Å². The zero-order chi connectivity index (χ0) is 13.5. The largest absolute Gasteiger partial charge is 0.348 e. The van der Waals surface area contributed by atoms with Crippen molar-refractivity contribution in [2.75, 3.05) is 10.6 Å². The monoisotopic (exact) mass is 330 g/mol. The number of rotatable bonds is 4. The van der Waals surface area contributed by atoms with E-state index in [1.54, 1.807) is 12.4 Å². The first-order chi connectivity index (χ1) is 9.24. The van der Waals surface area contributed by atoms with Gasteiger partial charge in [0.25, 0.3) is 0 Å². The predicted octanol–water partition coefficient (Wildman–Crippen LogP) is 3.75. The van der Waals surface area contributed by atoms with Crippen molar-refractivity contribution < 1.29 is 3.63 Å². The maximum atomic E-state index is 5.25. The van der Waals surface area contributed by atoms with Crippen LogP contribution in [-0.2, 0) is 3.63 Å². The lowest BCUT2D eigenvalue weighted by Crippen LogP contribution is -2.07. The molecular formula is C10H10N4OS4. The summed E-state index contributed by atoms with van der Waals surface area (Å²) in [6.45, 7) is 0. The quantitative estimate of drug-likeness (QED) is 0.503. The van der Waals surface area contributed by atoms with Crippen LogP contribution in [0.25, 0.3) is 0 Å². The second kappa shape index (κ2) is 7.56. The molecule has 0 aromatic carbocycles. The minimum absolute atomic E-state index is 0.498. The molecule has 0 spiro atoms. The highest BCUT2D eigenvalue weighted by Gasteiger charge is 2.04. The van der Waals surface area contributed by atoms with E-state index in [1.807, 2.05) is 24.3 Å². The molecule has 0 radical (unpaired) electrons. The van der Waals surface area contributed by atoms with Crippen LogP contribution in [0.5, 0.6) is 0 Å². The van der Waals surface area contributed by atoms with Gasteiger partial charge in [-0.2, -0.15) is 0 Å². The van der Waals surface area contributed by atoms with Gasteiger partial charge in [-0.25, -0.2) is 3.63 Å². The van der Waals surface area contributed by atoms with Gasteiger partial charge in [-0.05, 0) is 24.3 Å². The zero-order valence-electron chi connectivity index (χ0n) is 9.51. The third kappa shape index (κ3) is 5.25. The molecule has 2 rings (SSSR count). The number of hydrogen-bond donors (Lipinski definition) is 4. The van der Waals surface area contributed by atoms with Crippen molar-refractivity contribution in [3.63, 3.8) is 0 Å². The molecule has 0 saturated carbocycles. The third-order valence-corrected chi connectivity index (χ3v) is 3.55. The maximum Gasteiger partial charge on any atom is 0.168 e. The molecule has 0 unspecified atom stereocenters. The molecule has 4 N–H and O–H groups in total. The maximum absolute atomic E-state index is 5.25. The lowest BCUT2D eigenvalue weighted by molar-refractivity contribution is 0.779. The molecule has 0 aliphatic carbocycles. The SMILES string of the molecule is S=C(Nc1ccc[nH]1)SOSC(=S)Nc1ccc[nH]1. The van der Waals surface area contributed by atoms with Gasteiger partial charge in [-0.3, -0.25) is 0 Å². The summed E-state index contributed by atoms with van der Waals surface area (Å²) in [5, 5.41) is 5.94. The molecule has 0 fully saturated rings. The second-order valence-electron chi connectivity index (χ2n) is 3.23. The normalized spacial score (nSPS) is 10.1. The van der Waals surface area contributed by atoms with Crippen LogP contribution in [0.1, 0.15) is 0 Å². The number of aromatic nitrogens is 2. The number of H-pyrrole nitrogens is 2. The van der Waals surface area contributed by atoms with E-state index in [1.165, 1.54) is 0 Å². The van der Waals surface area contributed by atoms with E-state index in [-0.39, 0.29) is 0 Å². The Bertz CT molecular complexity index is 477. The lowest BCUT2D eigenvalue weighted by Gasteiger charge is -2.06. The van der Waals surface area contributed by atoms with Crippen LogP contribution in [-0.4, -0.2) is 18.6 Å². The van der Waals surface area contributed by atoms with Gasteiger partial charge in [0.15, 0.2) is 8.64 Å². The second-order valence-corrected chi connectivity index (χ2v) is 6.25.